The highest BCUT2D eigenvalue weighted by Crippen LogP contribution is 2.39. The molecule has 2 aromatic carbocycles. The third-order valence-corrected chi connectivity index (χ3v) is 11.3. The molecule has 1 unspecified atom stereocenters. The molecule has 1 fully saturated rings. The number of aryl methyl sites for hydroxylation is 5. The van der Waals surface area contributed by atoms with Gasteiger partial charge in [-0.1, -0.05) is 0 Å². The van der Waals surface area contributed by atoms with E-state index >= 15 is 0 Å². The Morgan fingerprint density at radius 2 is 1.45 bits per heavy atom. The molecule has 0 aliphatic carbocycles. The van der Waals surface area contributed by atoms with Crippen LogP contribution in [0.1, 0.15) is 92.2 Å². The standard InChI is InChI=1S/C43H52N14O8/c1-5-55-31(15-23(3)52-55)40(61)50-42-48-28-17-25(37(44)58)19-33(64-13-8-10-47-39(60)30-22-63-14-11-46-30)35(28)54(42)12-7-9-27-21-65-34-20-26(38(45)59)18-29-36(34)57(27)43(49-29)51-41(62)32-16-24(4)53-56(32)6-2/h15-20,27,30,46H,5-14,21-22H2,1-4H3,(H2,44,58)(H2,45,59)(H,47,60)(H,48,50,61)(H,49,51,62)/t27-,30?/m0/s1. The van der Waals surface area contributed by atoms with E-state index in [0.29, 0.717) is 115 Å². The Hall–Kier alpha value is -7.33. The smallest absolute Gasteiger partial charge is 0.276 e. The number of nitrogens with zero attached hydrogens (tertiary/aromatic N) is 8. The zero-order valence-electron chi connectivity index (χ0n) is 36.6. The van der Waals surface area contributed by atoms with Crippen molar-refractivity contribution in [2.24, 2.45) is 11.5 Å². The van der Waals surface area contributed by atoms with Crippen LogP contribution in [0.2, 0.25) is 0 Å². The van der Waals surface area contributed by atoms with Crippen LogP contribution in [0, 0.1) is 13.8 Å². The number of rotatable bonds is 18. The van der Waals surface area contributed by atoms with E-state index in [9.17, 15) is 24.0 Å². The van der Waals surface area contributed by atoms with Crippen molar-refractivity contribution in [3.63, 3.8) is 0 Å². The second-order valence-corrected chi connectivity index (χ2v) is 15.9. The van der Waals surface area contributed by atoms with E-state index in [1.807, 2.05) is 29.9 Å². The fourth-order valence-electron chi connectivity index (χ4n) is 8.24. The van der Waals surface area contributed by atoms with Crippen molar-refractivity contribution in [1.82, 2.24) is 49.3 Å². The average Bonchev–Trinajstić information content (AvgIpc) is 4.07. The lowest BCUT2D eigenvalue weighted by atomic mass is 10.1. The van der Waals surface area contributed by atoms with Crippen LogP contribution < -0.4 is 42.2 Å². The lowest BCUT2D eigenvalue weighted by Crippen LogP contribution is -2.51. The van der Waals surface area contributed by atoms with Crippen molar-refractivity contribution in [3.05, 3.63) is 70.3 Å². The zero-order valence-corrected chi connectivity index (χ0v) is 36.6. The van der Waals surface area contributed by atoms with Gasteiger partial charge in [-0.25, -0.2) is 9.97 Å². The number of morpholine rings is 1. The summed E-state index contributed by atoms with van der Waals surface area (Å²) in [5.41, 5.74) is 15.7. The Morgan fingerprint density at radius 3 is 2.08 bits per heavy atom. The monoisotopic (exact) mass is 892 g/mol. The molecule has 1 saturated heterocycles. The summed E-state index contributed by atoms with van der Waals surface area (Å²) in [6, 6.07) is 8.81. The third kappa shape index (κ3) is 9.20. The molecule has 0 saturated carbocycles. The van der Waals surface area contributed by atoms with Gasteiger partial charge < -0.3 is 45.4 Å². The van der Waals surface area contributed by atoms with Crippen molar-refractivity contribution in [2.45, 2.75) is 78.7 Å². The summed E-state index contributed by atoms with van der Waals surface area (Å²) >= 11 is 0. The van der Waals surface area contributed by atoms with E-state index in [-0.39, 0.29) is 54.7 Å². The highest BCUT2D eigenvalue weighted by atomic mass is 16.5. The van der Waals surface area contributed by atoms with Crippen molar-refractivity contribution in [3.8, 4) is 11.5 Å². The number of carbonyl (C=O) groups excluding carboxylic acids is 5. The van der Waals surface area contributed by atoms with Crippen LogP contribution in [-0.2, 0) is 29.2 Å². The molecule has 0 spiro atoms. The van der Waals surface area contributed by atoms with Gasteiger partial charge in [0.05, 0.1) is 48.3 Å². The molecule has 6 heterocycles. The largest absolute Gasteiger partial charge is 0.491 e. The summed E-state index contributed by atoms with van der Waals surface area (Å²) in [4.78, 5) is 74.7. The number of ether oxygens (including phenoxy) is 3. The molecule has 8 rings (SSSR count). The Morgan fingerprint density at radius 1 is 0.815 bits per heavy atom. The highest BCUT2D eigenvalue weighted by Gasteiger charge is 2.30. The van der Waals surface area contributed by atoms with Gasteiger partial charge in [0.1, 0.15) is 46.6 Å². The Balaban J connectivity index is 1.10. The molecule has 4 aromatic heterocycles. The molecule has 5 amide bonds. The molecule has 22 heteroatoms. The van der Waals surface area contributed by atoms with Crippen LogP contribution >= 0.6 is 0 Å². The van der Waals surface area contributed by atoms with Gasteiger partial charge in [-0.05, 0) is 83.4 Å². The minimum absolute atomic E-state index is 0.153. The van der Waals surface area contributed by atoms with Crippen LogP contribution in [0.5, 0.6) is 11.5 Å². The van der Waals surface area contributed by atoms with Crippen LogP contribution in [0.25, 0.3) is 22.1 Å². The normalized spacial score (nSPS) is 15.8. The summed E-state index contributed by atoms with van der Waals surface area (Å²) in [7, 11) is 0. The molecular weight excluding hydrogens is 841 g/mol. The van der Waals surface area contributed by atoms with Gasteiger partial charge in [0.15, 0.2) is 0 Å². The number of aromatic nitrogens is 8. The summed E-state index contributed by atoms with van der Waals surface area (Å²) < 4.78 is 24.9. The molecule has 2 aliphatic rings. The van der Waals surface area contributed by atoms with Crippen molar-refractivity contribution in [2.75, 3.05) is 50.2 Å². The number of hydrogen-bond acceptors (Lipinski definition) is 13. The first-order valence-electron chi connectivity index (χ1n) is 21.6. The van der Waals surface area contributed by atoms with Crippen molar-refractivity contribution >= 4 is 63.5 Å². The number of carbonyl (C=O) groups is 5. The maximum atomic E-state index is 13.9. The van der Waals surface area contributed by atoms with Gasteiger partial charge in [-0.3, -0.25) is 44.0 Å². The Bertz CT molecular complexity index is 2810. The number of imidazole rings is 2. The third-order valence-electron chi connectivity index (χ3n) is 11.3. The minimum Gasteiger partial charge on any atom is -0.491 e. The fourth-order valence-corrected chi connectivity index (χ4v) is 8.24. The van der Waals surface area contributed by atoms with E-state index in [0.717, 1.165) is 0 Å². The Kier molecular flexibility index (Phi) is 12.8. The predicted molar refractivity (Wildman–Crippen MR) is 237 cm³/mol. The molecule has 22 nitrogen and oxygen atoms in total. The Labute approximate surface area is 372 Å². The number of anilines is 2. The highest BCUT2D eigenvalue weighted by molar-refractivity contribution is 6.05. The van der Waals surface area contributed by atoms with Gasteiger partial charge in [-0.2, -0.15) is 10.2 Å². The SMILES string of the molecule is CCn1nc(C)cc1C(=O)Nc1nc2cc(C(N)=O)cc(OCCCNC(=O)C3COCCN3)c2n1CCC[C@H]1COc2cc(C(N)=O)cc3nc(NC(=O)c4cc(C)nn4CC)n1c23. The lowest BCUT2D eigenvalue weighted by Gasteiger charge is -2.27. The number of nitrogens with one attached hydrogen (secondary N) is 4. The van der Waals surface area contributed by atoms with E-state index < -0.39 is 29.7 Å². The second-order valence-electron chi connectivity index (χ2n) is 15.9. The van der Waals surface area contributed by atoms with Crippen molar-refractivity contribution < 1.29 is 38.2 Å². The van der Waals surface area contributed by atoms with Crippen LogP contribution in [0.15, 0.2) is 36.4 Å². The number of amides is 5. The summed E-state index contributed by atoms with van der Waals surface area (Å²) in [5, 5.41) is 20.8. The van der Waals surface area contributed by atoms with Gasteiger partial charge in [0, 0.05) is 43.9 Å². The van der Waals surface area contributed by atoms with Gasteiger partial charge in [-0.15, -0.1) is 0 Å². The number of fused-ring (bicyclic) bond motifs is 1. The maximum Gasteiger partial charge on any atom is 0.276 e. The van der Waals surface area contributed by atoms with E-state index in [4.69, 9.17) is 35.6 Å². The summed E-state index contributed by atoms with van der Waals surface area (Å²) in [6.45, 7) is 10.7. The summed E-state index contributed by atoms with van der Waals surface area (Å²) in [6.07, 6.45) is 1.38. The van der Waals surface area contributed by atoms with E-state index in [1.165, 1.54) is 0 Å². The number of nitrogens with two attached hydrogens (primary N) is 2. The van der Waals surface area contributed by atoms with Gasteiger partial charge >= 0.3 is 0 Å². The van der Waals surface area contributed by atoms with Gasteiger partial charge in [0.25, 0.3) is 11.8 Å². The number of primary amides is 2. The average molecular weight is 893 g/mol. The summed E-state index contributed by atoms with van der Waals surface area (Å²) in [5.74, 6) is -1.23. The zero-order chi connectivity index (χ0) is 45.9. The maximum absolute atomic E-state index is 13.9. The minimum atomic E-state index is -0.696. The molecular formula is C43H52N14O8. The molecule has 342 valence electrons. The van der Waals surface area contributed by atoms with E-state index in [2.05, 4.69) is 31.5 Å². The predicted octanol–water partition coefficient (Wildman–Crippen LogP) is 2.43. The first-order valence-corrected chi connectivity index (χ1v) is 21.6. The molecule has 0 bridgehead atoms. The first-order chi connectivity index (χ1) is 31.3. The molecule has 2 aliphatic heterocycles. The van der Waals surface area contributed by atoms with Crippen LogP contribution in [-0.4, -0.2) is 114 Å². The van der Waals surface area contributed by atoms with Crippen molar-refractivity contribution in [1.29, 1.82) is 0 Å². The molecule has 6 aromatic rings. The second kappa shape index (κ2) is 18.8. The number of hydrogen-bond donors (Lipinski definition) is 6. The topological polar surface area (TPSA) is 284 Å². The quantitative estimate of drug-likeness (QED) is 0.0677. The molecule has 0 radical (unpaired) electrons. The molecule has 2 atom stereocenters. The fraction of sp³-hybridized carbons (Fsp3) is 0.419. The molecule has 8 N–H and O–H groups in total. The van der Waals surface area contributed by atoms with Gasteiger partial charge in [0.2, 0.25) is 29.6 Å². The lowest BCUT2D eigenvalue weighted by molar-refractivity contribution is -0.125. The van der Waals surface area contributed by atoms with E-state index in [1.54, 1.807) is 52.7 Å². The number of benzene rings is 2. The van der Waals surface area contributed by atoms with Crippen LogP contribution in [0.3, 0.4) is 0 Å². The van der Waals surface area contributed by atoms with Crippen LogP contribution in [0.4, 0.5) is 11.9 Å². The molecule has 65 heavy (non-hydrogen) atoms. The first kappa shape index (κ1) is 44.3.